The van der Waals surface area contributed by atoms with Gasteiger partial charge in [0.1, 0.15) is 17.1 Å². The van der Waals surface area contributed by atoms with Crippen LogP contribution in [0.2, 0.25) is 0 Å². The van der Waals surface area contributed by atoms with Gasteiger partial charge in [-0.15, -0.1) is 0 Å². The van der Waals surface area contributed by atoms with Crippen molar-refractivity contribution in [3.63, 3.8) is 0 Å². The van der Waals surface area contributed by atoms with E-state index in [0.29, 0.717) is 39.5 Å². The summed E-state index contributed by atoms with van der Waals surface area (Å²) in [6.07, 6.45) is 0. The lowest BCUT2D eigenvalue weighted by molar-refractivity contribution is 0.102. The van der Waals surface area contributed by atoms with E-state index in [1.54, 1.807) is 61.7 Å². The highest BCUT2D eigenvalue weighted by molar-refractivity contribution is 6.05. The first kappa shape index (κ1) is 19.3. The summed E-state index contributed by atoms with van der Waals surface area (Å²) in [5.41, 5.74) is 1.93. The summed E-state index contributed by atoms with van der Waals surface area (Å²) >= 11 is 0. The van der Waals surface area contributed by atoms with Crippen molar-refractivity contribution in [3.8, 4) is 22.6 Å². The molecule has 1 N–H and O–H groups in total. The smallest absolute Gasteiger partial charge is 0.344 e. The number of carbonyl (C=O) groups is 1. The molecule has 4 rings (SSSR count). The van der Waals surface area contributed by atoms with Crippen LogP contribution in [0.4, 0.5) is 5.69 Å². The monoisotopic (exact) mass is 401 g/mol. The van der Waals surface area contributed by atoms with E-state index in [4.69, 9.17) is 13.9 Å². The zero-order chi connectivity index (χ0) is 21.1. The van der Waals surface area contributed by atoms with Gasteiger partial charge < -0.3 is 19.2 Å². The molecule has 0 aliphatic heterocycles. The molecule has 30 heavy (non-hydrogen) atoms. The number of amides is 1. The lowest BCUT2D eigenvalue weighted by atomic mass is 10.0. The molecule has 150 valence electrons. The Labute approximate surface area is 172 Å². The van der Waals surface area contributed by atoms with Crippen molar-refractivity contribution >= 4 is 22.6 Å². The molecule has 3 aromatic carbocycles. The summed E-state index contributed by atoms with van der Waals surface area (Å²) in [7, 11) is 3.07. The largest absolute Gasteiger partial charge is 0.497 e. The fourth-order valence-corrected chi connectivity index (χ4v) is 3.20. The summed E-state index contributed by atoms with van der Waals surface area (Å²) in [4.78, 5) is 25.3. The minimum absolute atomic E-state index is 0.339. The van der Waals surface area contributed by atoms with E-state index < -0.39 is 5.63 Å². The Hall–Kier alpha value is -4.06. The minimum atomic E-state index is -0.458. The summed E-state index contributed by atoms with van der Waals surface area (Å²) < 4.78 is 15.9. The maximum Gasteiger partial charge on any atom is 0.344 e. The summed E-state index contributed by atoms with van der Waals surface area (Å²) in [5, 5.41) is 3.64. The third kappa shape index (κ3) is 3.75. The molecule has 0 aliphatic carbocycles. The number of fused-ring (bicyclic) bond motifs is 1. The van der Waals surface area contributed by atoms with Crippen molar-refractivity contribution in [2.24, 2.45) is 0 Å². The fraction of sp³-hybridized carbons (Fsp3) is 0.0833. The van der Waals surface area contributed by atoms with Crippen LogP contribution >= 0.6 is 0 Å². The molecule has 1 amide bonds. The third-order valence-electron chi connectivity index (χ3n) is 4.73. The van der Waals surface area contributed by atoms with Gasteiger partial charge in [0.2, 0.25) is 0 Å². The second kappa shape index (κ2) is 8.13. The van der Waals surface area contributed by atoms with Crippen molar-refractivity contribution in [2.75, 3.05) is 19.5 Å². The maximum absolute atomic E-state index is 12.9. The normalized spacial score (nSPS) is 10.6. The molecule has 0 fully saturated rings. The van der Waals surface area contributed by atoms with Gasteiger partial charge in [-0.05, 0) is 42.0 Å². The van der Waals surface area contributed by atoms with Crippen molar-refractivity contribution in [1.29, 1.82) is 0 Å². The molecule has 1 aromatic heterocycles. The average molecular weight is 401 g/mol. The number of rotatable bonds is 5. The maximum atomic E-state index is 12.9. The fourth-order valence-electron chi connectivity index (χ4n) is 3.20. The van der Waals surface area contributed by atoms with Crippen LogP contribution in [0, 0.1) is 0 Å². The van der Waals surface area contributed by atoms with E-state index in [2.05, 4.69) is 5.32 Å². The van der Waals surface area contributed by atoms with Crippen LogP contribution in [0.3, 0.4) is 0 Å². The summed E-state index contributed by atoms with van der Waals surface area (Å²) in [5.74, 6) is 0.762. The highest BCUT2D eigenvalue weighted by Gasteiger charge is 2.14. The van der Waals surface area contributed by atoms with E-state index in [9.17, 15) is 9.59 Å². The Balaban J connectivity index is 1.68. The van der Waals surface area contributed by atoms with E-state index in [1.165, 1.54) is 7.11 Å². The van der Waals surface area contributed by atoms with E-state index in [0.717, 1.165) is 5.39 Å². The summed E-state index contributed by atoms with van der Waals surface area (Å²) in [6.45, 7) is 0. The summed E-state index contributed by atoms with van der Waals surface area (Å²) in [6, 6.07) is 21.0. The highest BCUT2D eigenvalue weighted by atomic mass is 16.5. The molecule has 0 spiro atoms. The van der Waals surface area contributed by atoms with E-state index in [1.807, 2.05) is 18.2 Å². The molecule has 0 atom stereocenters. The van der Waals surface area contributed by atoms with Gasteiger partial charge in [-0.2, -0.15) is 0 Å². The van der Waals surface area contributed by atoms with Gasteiger partial charge >= 0.3 is 5.63 Å². The van der Waals surface area contributed by atoms with Crippen LogP contribution < -0.4 is 20.4 Å². The Morgan fingerprint density at radius 3 is 2.53 bits per heavy atom. The zero-order valence-electron chi connectivity index (χ0n) is 16.5. The topological polar surface area (TPSA) is 77.8 Å². The SMILES string of the molecule is COc1ccc(OC)c(NC(=O)c2cccc(-c3cc4ccccc4oc3=O)c2)c1. The number of ether oxygens (including phenoxy) is 2. The number of para-hydroxylation sites is 1. The van der Waals surface area contributed by atoms with Crippen LogP contribution in [0.25, 0.3) is 22.1 Å². The molecule has 0 saturated heterocycles. The quantitative estimate of drug-likeness (QED) is 0.489. The second-order valence-electron chi connectivity index (χ2n) is 6.59. The Bertz CT molecular complexity index is 1290. The molecule has 0 bridgehead atoms. The number of nitrogens with one attached hydrogen (secondary N) is 1. The predicted octanol–water partition coefficient (Wildman–Crippen LogP) is 4.73. The van der Waals surface area contributed by atoms with Crippen LogP contribution in [0.5, 0.6) is 11.5 Å². The molecule has 6 heteroatoms. The van der Waals surface area contributed by atoms with Crippen LogP contribution in [0.1, 0.15) is 10.4 Å². The van der Waals surface area contributed by atoms with Crippen LogP contribution in [0.15, 0.2) is 82.0 Å². The predicted molar refractivity (Wildman–Crippen MR) is 115 cm³/mol. The van der Waals surface area contributed by atoms with Gasteiger partial charge in [0.05, 0.1) is 25.5 Å². The molecule has 0 unspecified atom stereocenters. The Morgan fingerprint density at radius 2 is 1.73 bits per heavy atom. The minimum Gasteiger partial charge on any atom is -0.497 e. The number of anilines is 1. The first-order valence-electron chi connectivity index (χ1n) is 9.26. The lowest BCUT2D eigenvalue weighted by Crippen LogP contribution is -2.13. The number of hydrogen-bond donors (Lipinski definition) is 1. The number of methoxy groups -OCH3 is 2. The van der Waals surface area contributed by atoms with E-state index >= 15 is 0 Å². The van der Waals surface area contributed by atoms with Crippen molar-refractivity contribution < 1.29 is 18.7 Å². The van der Waals surface area contributed by atoms with Gasteiger partial charge in [0, 0.05) is 17.0 Å². The van der Waals surface area contributed by atoms with Crippen molar-refractivity contribution in [1.82, 2.24) is 0 Å². The molecule has 0 radical (unpaired) electrons. The van der Waals surface area contributed by atoms with Crippen molar-refractivity contribution in [2.45, 2.75) is 0 Å². The Kier molecular flexibility index (Phi) is 5.22. The van der Waals surface area contributed by atoms with E-state index in [-0.39, 0.29) is 5.91 Å². The molecule has 4 aromatic rings. The third-order valence-corrected chi connectivity index (χ3v) is 4.73. The number of hydrogen-bond acceptors (Lipinski definition) is 5. The van der Waals surface area contributed by atoms with Gasteiger partial charge in [0.15, 0.2) is 0 Å². The average Bonchev–Trinajstić information content (AvgIpc) is 2.78. The van der Waals surface area contributed by atoms with Gasteiger partial charge in [-0.1, -0.05) is 30.3 Å². The number of carbonyl (C=O) groups excluding carboxylic acids is 1. The molecule has 6 nitrogen and oxygen atoms in total. The molecule has 0 saturated carbocycles. The standard InChI is InChI=1S/C24H19NO5/c1-28-18-10-11-22(29-2)20(14-18)25-23(26)17-8-5-7-15(12-17)19-13-16-6-3-4-9-21(16)30-24(19)27/h3-14H,1-2H3,(H,25,26). The molecule has 0 aliphatic rings. The Morgan fingerprint density at radius 1 is 0.900 bits per heavy atom. The van der Waals surface area contributed by atoms with Gasteiger partial charge in [-0.3, -0.25) is 4.79 Å². The zero-order valence-corrected chi connectivity index (χ0v) is 16.5. The highest BCUT2D eigenvalue weighted by Crippen LogP contribution is 2.29. The lowest BCUT2D eigenvalue weighted by Gasteiger charge is -2.12. The van der Waals surface area contributed by atoms with Crippen LogP contribution in [-0.2, 0) is 0 Å². The molecular weight excluding hydrogens is 382 g/mol. The van der Waals surface area contributed by atoms with Gasteiger partial charge in [0.25, 0.3) is 5.91 Å². The number of benzene rings is 3. The van der Waals surface area contributed by atoms with Gasteiger partial charge in [-0.25, -0.2) is 4.79 Å². The molecule has 1 heterocycles. The second-order valence-corrected chi connectivity index (χ2v) is 6.59. The molecular formula is C24H19NO5. The van der Waals surface area contributed by atoms with Crippen molar-refractivity contribution in [3.05, 3.63) is 88.8 Å². The van der Waals surface area contributed by atoms with Crippen LogP contribution in [-0.4, -0.2) is 20.1 Å². The first-order valence-corrected chi connectivity index (χ1v) is 9.26. The first-order chi connectivity index (χ1) is 14.6.